The van der Waals surface area contributed by atoms with Crippen LogP contribution in [0.5, 0.6) is 11.5 Å². The van der Waals surface area contributed by atoms with Crippen molar-refractivity contribution < 1.29 is 23.3 Å². The van der Waals surface area contributed by atoms with Crippen LogP contribution in [0.2, 0.25) is 0 Å². The number of phosphoric acid groups is 1. The van der Waals surface area contributed by atoms with Crippen LogP contribution in [-0.2, 0) is 4.57 Å². The molecule has 0 bridgehead atoms. The molecule has 138 valence electrons. The van der Waals surface area contributed by atoms with Gasteiger partial charge in [-0.3, -0.25) is 4.79 Å². The molecule has 0 fully saturated rings. The SMILES string of the molecule is Cc1cccc(C(=O)Nc2ccccc2)c1OP(=O)([O-])Oc1ccccc1. The van der Waals surface area contributed by atoms with Crippen molar-refractivity contribution in [1.82, 2.24) is 0 Å². The van der Waals surface area contributed by atoms with Crippen molar-refractivity contribution in [3.8, 4) is 11.5 Å². The highest BCUT2D eigenvalue weighted by atomic mass is 31.2. The summed E-state index contributed by atoms with van der Waals surface area (Å²) in [6.07, 6.45) is 0. The number of hydrogen-bond donors (Lipinski definition) is 1. The summed E-state index contributed by atoms with van der Waals surface area (Å²) in [7, 11) is -4.74. The minimum atomic E-state index is -4.74. The second-order valence-electron chi connectivity index (χ2n) is 5.71. The van der Waals surface area contributed by atoms with E-state index in [1.54, 1.807) is 61.5 Å². The van der Waals surface area contributed by atoms with E-state index in [-0.39, 0.29) is 17.1 Å². The molecule has 1 atom stereocenters. The van der Waals surface area contributed by atoms with Crippen LogP contribution < -0.4 is 19.3 Å². The lowest BCUT2D eigenvalue weighted by atomic mass is 10.1. The molecule has 0 aromatic heterocycles. The Morgan fingerprint density at radius 3 is 2.19 bits per heavy atom. The van der Waals surface area contributed by atoms with Gasteiger partial charge in [0.25, 0.3) is 5.91 Å². The molecule has 0 heterocycles. The third-order valence-electron chi connectivity index (χ3n) is 3.65. The van der Waals surface area contributed by atoms with Gasteiger partial charge in [0.2, 0.25) is 0 Å². The third-order valence-corrected chi connectivity index (χ3v) is 4.49. The maximum absolute atomic E-state index is 12.6. The Balaban J connectivity index is 1.85. The number of phosphoric ester groups is 1. The van der Waals surface area contributed by atoms with Gasteiger partial charge in [-0.05, 0) is 42.8 Å². The van der Waals surface area contributed by atoms with E-state index < -0.39 is 13.7 Å². The van der Waals surface area contributed by atoms with Crippen LogP contribution in [0, 0.1) is 6.92 Å². The Morgan fingerprint density at radius 1 is 0.889 bits per heavy atom. The van der Waals surface area contributed by atoms with Gasteiger partial charge in [0.05, 0.1) is 5.56 Å². The summed E-state index contributed by atoms with van der Waals surface area (Å²) in [6, 6.07) is 21.6. The van der Waals surface area contributed by atoms with Crippen molar-refractivity contribution in [3.05, 3.63) is 90.0 Å². The van der Waals surface area contributed by atoms with Gasteiger partial charge in [-0.1, -0.05) is 48.5 Å². The molecule has 0 aliphatic rings. The molecule has 1 amide bonds. The molecule has 0 saturated carbocycles. The van der Waals surface area contributed by atoms with Gasteiger partial charge in [0, 0.05) is 5.69 Å². The standard InChI is InChI=1S/C20H18NO5P/c1-15-9-8-14-18(20(22)21-16-10-4-2-5-11-16)19(15)26-27(23,24)25-17-12-6-3-7-13-17/h2-14H,1H3,(H,21,22)(H,23,24)/p-1. The Morgan fingerprint density at radius 2 is 1.52 bits per heavy atom. The normalized spacial score (nSPS) is 12.7. The lowest BCUT2D eigenvalue weighted by molar-refractivity contribution is -0.208. The van der Waals surface area contributed by atoms with Gasteiger partial charge in [-0.2, -0.15) is 0 Å². The number of aryl methyl sites for hydroxylation is 1. The predicted molar refractivity (Wildman–Crippen MR) is 101 cm³/mol. The van der Waals surface area contributed by atoms with Crippen LogP contribution in [0.1, 0.15) is 15.9 Å². The summed E-state index contributed by atoms with van der Waals surface area (Å²) >= 11 is 0. The first-order valence-corrected chi connectivity index (χ1v) is 9.62. The van der Waals surface area contributed by atoms with Crippen LogP contribution in [0.3, 0.4) is 0 Å². The molecular formula is C20H17NO5P-. The smallest absolute Gasteiger partial charge is 0.372 e. The molecule has 1 N–H and O–H groups in total. The maximum atomic E-state index is 12.6. The molecule has 0 spiro atoms. The van der Waals surface area contributed by atoms with Gasteiger partial charge in [0.1, 0.15) is 11.5 Å². The Kier molecular flexibility index (Phi) is 5.60. The van der Waals surface area contributed by atoms with Gasteiger partial charge in [-0.25, -0.2) is 4.57 Å². The first-order valence-electron chi connectivity index (χ1n) is 8.16. The molecule has 1 unspecified atom stereocenters. The zero-order valence-electron chi connectivity index (χ0n) is 14.5. The highest BCUT2D eigenvalue weighted by Gasteiger charge is 2.21. The average molecular weight is 382 g/mol. The van der Waals surface area contributed by atoms with Crippen LogP contribution in [-0.4, -0.2) is 5.91 Å². The summed E-state index contributed by atoms with van der Waals surface area (Å²) < 4.78 is 22.4. The van der Waals surface area contributed by atoms with Crippen LogP contribution >= 0.6 is 7.82 Å². The first-order chi connectivity index (χ1) is 12.9. The van der Waals surface area contributed by atoms with E-state index in [0.717, 1.165) is 0 Å². The molecular weight excluding hydrogens is 365 g/mol. The van der Waals surface area contributed by atoms with E-state index in [1.165, 1.54) is 18.2 Å². The fraction of sp³-hybridized carbons (Fsp3) is 0.0500. The molecule has 6 nitrogen and oxygen atoms in total. The van der Waals surface area contributed by atoms with Crippen molar-refractivity contribution in [2.45, 2.75) is 6.92 Å². The predicted octanol–water partition coefficient (Wildman–Crippen LogP) is 4.17. The van der Waals surface area contributed by atoms with Crippen molar-refractivity contribution >= 4 is 19.4 Å². The highest BCUT2D eigenvalue weighted by Crippen LogP contribution is 2.42. The van der Waals surface area contributed by atoms with E-state index in [4.69, 9.17) is 9.05 Å². The molecule has 3 aromatic rings. The molecule has 0 aliphatic carbocycles. The lowest BCUT2D eigenvalue weighted by Gasteiger charge is -2.25. The summed E-state index contributed by atoms with van der Waals surface area (Å²) in [4.78, 5) is 24.9. The largest absolute Gasteiger partial charge is 0.736 e. The van der Waals surface area contributed by atoms with Crippen molar-refractivity contribution in [2.75, 3.05) is 5.32 Å². The third kappa shape index (κ3) is 4.97. The molecule has 0 aliphatic heterocycles. The fourth-order valence-electron chi connectivity index (χ4n) is 2.41. The number of carbonyl (C=O) groups excluding carboxylic acids is 1. The summed E-state index contributed by atoms with van der Waals surface area (Å²) in [5, 5.41) is 2.71. The second-order valence-corrected chi connectivity index (χ2v) is 6.97. The van der Waals surface area contributed by atoms with Crippen molar-refractivity contribution in [2.24, 2.45) is 0 Å². The number of hydrogen-bond acceptors (Lipinski definition) is 5. The van der Waals surface area contributed by atoms with Gasteiger partial charge in [0.15, 0.2) is 0 Å². The Labute approximate surface area is 157 Å². The number of nitrogens with one attached hydrogen (secondary N) is 1. The minimum Gasteiger partial charge on any atom is -0.736 e. The summed E-state index contributed by atoms with van der Waals surface area (Å²) in [5.74, 6) is -0.431. The van der Waals surface area contributed by atoms with Crippen molar-refractivity contribution in [3.63, 3.8) is 0 Å². The van der Waals surface area contributed by atoms with Crippen LogP contribution in [0.4, 0.5) is 5.69 Å². The van der Waals surface area contributed by atoms with E-state index in [0.29, 0.717) is 11.3 Å². The first kappa shape index (κ1) is 18.7. The second kappa shape index (κ2) is 8.08. The van der Waals surface area contributed by atoms with E-state index in [2.05, 4.69) is 5.32 Å². The zero-order chi connectivity index (χ0) is 19.3. The van der Waals surface area contributed by atoms with Crippen molar-refractivity contribution in [1.29, 1.82) is 0 Å². The molecule has 0 radical (unpaired) electrons. The van der Waals surface area contributed by atoms with Crippen LogP contribution in [0.15, 0.2) is 78.9 Å². The number of para-hydroxylation sites is 3. The Bertz CT molecular complexity index is 976. The van der Waals surface area contributed by atoms with E-state index in [9.17, 15) is 14.3 Å². The molecule has 3 rings (SSSR count). The number of amides is 1. The molecule has 27 heavy (non-hydrogen) atoms. The monoisotopic (exact) mass is 382 g/mol. The molecule has 0 saturated heterocycles. The zero-order valence-corrected chi connectivity index (χ0v) is 15.4. The van der Waals surface area contributed by atoms with Gasteiger partial charge in [-0.15, -0.1) is 0 Å². The summed E-state index contributed by atoms with van der Waals surface area (Å²) in [5.41, 5.74) is 1.16. The number of rotatable bonds is 6. The Hall–Kier alpha value is -3.08. The average Bonchev–Trinajstić information content (AvgIpc) is 2.64. The van der Waals surface area contributed by atoms with Gasteiger partial charge < -0.3 is 19.3 Å². The van der Waals surface area contributed by atoms with Gasteiger partial charge >= 0.3 is 7.82 Å². The van der Waals surface area contributed by atoms with E-state index in [1.807, 2.05) is 6.07 Å². The summed E-state index contributed by atoms with van der Waals surface area (Å²) in [6.45, 7) is 1.65. The number of benzene rings is 3. The molecule has 3 aromatic carbocycles. The minimum absolute atomic E-state index is 0.0693. The topological polar surface area (TPSA) is 87.7 Å². The molecule has 7 heteroatoms. The quantitative estimate of drug-likeness (QED) is 0.647. The maximum Gasteiger partial charge on any atom is 0.372 e. The van der Waals surface area contributed by atoms with Crippen LogP contribution in [0.25, 0.3) is 0 Å². The van der Waals surface area contributed by atoms with E-state index >= 15 is 0 Å². The number of carbonyl (C=O) groups is 1. The number of anilines is 1. The lowest BCUT2D eigenvalue weighted by Crippen LogP contribution is -2.17. The highest BCUT2D eigenvalue weighted by molar-refractivity contribution is 7.46. The fourth-order valence-corrected chi connectivity index (χ4v) is 3.30.